The van der Waals surface area contributed by atoms with Crippen LogP contribution in [-0.2, 0) is 11.3 Å². The summed E-state index contributed by atoms with van der Waals surface area (Å²) in [4.78, 5) is 16.5. The molecule has 0 aliphatic carbocycles. The van der Waals surface area contributed by atoms with E-state index in [0.717, 1.165) is 45.4 Å². The van der Waals surface area contributed by atoms with Crippen LogP contribution in [0.15, 0.2) is 30.3 Å². The fourth-order valence-electron chi connectivity index (χ4n) is 4.35. The Bertz CT molecular complexity index is 577. The standard InChI is InChI=1S/C20H30N2O2/c1-16(23)22-15-20(13-18(24)19(22,2)3)9-11-21(12-10-20)14-17-7-5-4-6-8-17/h4-8,18,24H,9-15H2,1-3H3. The number of amides is 1. The maximum atomic E-state index is 12.1. The minimum Gasteiger partial charge on any atom is -0.391 e. The van der Waals surface area contributed by atoms with Crippen LogP contribution in [0.1, 0.15) is 45.6 Å². The first-order valence-electron chi connectivity index (χ1n) is 9.05. The number of hydrogen-bond acceptors (Lipinski definition) is 3. The largest absolute Gasteiger partial charge is 0.391 e. The van der Waals surface area contributed by atoms with Crippen LogP contribution in [0.2, 0.25) is 0 Å². The van der Waals surface area contributed by atoms with Crippen LogP contribution in [0, 0.1) is 5.41 Å². The molecule has 1 aromatic rings. The fraction of sp³-hybridized carbons (Fsp3) is 0.650. The van der Waals surface area contributed by atoms with Crippen molar-refractivity contribution in [3.05, 3.63) is 35.9 Å². The molecule has 0 radical (unpaired) electrons. The Balaban J connectivity index is 1.65. The minimum absolute atomic E-state index is 0.0739. The Kier molecular flexibility index (Phi) is 4.71. The van der Waals surface area contributed by atoms with E-state index in [0.29, 0.717) is 0 Å². The highest BCUT2D eigenvalue weighted by atomic mass is 16.3. The van der Waals surface area contributed by atoms with Crippen molar-refractivity contribution in [2.45, 2.75) is 58.2 Å². The second-order valence-corrected chi connectivity index (χ2v) is 8.24. The van der Waals surface area contributed by atoms with Gasteiger partial charge in [0.2, 0.25) is 5.91 Å². The van der Waals surface area contributed by atoms with E-state index in [-0.39, 0.29) is 11.3 Å². The van der Waals surface area contributed by atoms with Gasteiger partial charge in [0.15, 0.2) is 0 Å². The zero-order chi connectivity index (χ0) is 17.4. The molecule has 1 amide bonds. The lowest BCUT2D eigenvalue weighted by molar-refractivity contribution is -0.157. The summed E-state index contributed by atoms with van der Waals surface area (Å²) >= 11 is 0. The average molecular weight is 330 g/mol. The van der Waals surface area contributed by atoms with E-state index in [4.69, 9.17) is 0 Å². The lowest BCUT2D eigenvalue weighted by Crippen LogP contribution is -2.64. The van der Waals surface area contributed by atoms with Crippen molar-refractivity contribution < 1.29 is 9.90 Å². The van der Waals surface area contributed by atoms with E-state index in [1.165, 1.54) is 5.56 Å². The molecule has 1 atom stereocenters. The summed E-state index contributed by atoms with van der Waals surface area (Å²) in [5, 5.41) is 10.7. The van der Waals surface area contributed by atoms with Gasteiger partial charge in [0.1, 0.15) is 0 Å². The van der Waals surface area contributed by atoms with Crippen molar-refractivity contribution >= 4 is 5.91 Å². The molecule has 1 unspecified atom stereocenters. The Morgan fingerprint density at radius 1 is 1.21 bits per heavy atom. The van der Waals surface area contributed by atoms with Crippen LogP contribution in [0.4, 0.5) is 0 Å². The second-order valence-electron chi connectivity index (χ2n) is 8.24. The van der Waals surface area contributed by atoms with Gasteiger partial charge in [0.25, 0.3) is 0 Å². The zero-order valence-electron chi connectivity index (χ0n) is 15.2. The van der Waals surface area contributed by atoms with Crippen LogP contribution in [0.25, 0.3) is 0 Å². The van der Waals surface area contributed by atoms with Crippen molar-refractivity contribution in [3.8, 4) is 0 Å². The number of aliphatic hydroxyl groups excluding tert-OH is 1. The van der Waals surface area contributed by atoms with Gasteiger partial charge in [-0.3, -0.25) is 9.69 Å². The third-order valence-electron chi connectivity index (χ3n) is 6.18. The minimum atomic E-state index is -0.460. The molecule has 1 spiro atoms. The summed E-state index contributed by atoms with van der Waals surface area (Å²) in [5.41, 5.74) is 0.968. The molecule has 0 saturated carbocycles. The SMILES string of the molecule is CC(=O)N1CC2(CCN(Cc3ccccc3)CC2)CC(O)C1(C)C. The van der Waals surface area contributed by atoms with Crippen LogP contribution < -0.4 is 0 Å². The van der Waals surface area contributed by atoms with Crippen LogP contribution in [0.5, 0.6) is 0 Å². The van der Waals surface area contributed by atoms with Gasteiger partial charge in [-0.25, -0.2) is 0 Å². The van der Waals surface area contributed by atoms with Crippen LogP contribution in [0.3, 0.4) is 0 Å². The highest BCUT2D eigenvalue weighted by Crippen LogP contribution is 2.45. The van der Waals surface area contributed by atoms with E-state index in [1.54, 1.807) is 6.92 Å². The van der Waals surface area contributed by atoms with E-state index < -0.39 is 11.6 Å². The van der Waals surface area contributed by atoms with Crippen molar-refractivity contribution in [1.82, 2.24) is 9.80 Å². The molecule has 3 rings (SSSR count). The molecule has 2 aliphatic heterocycles. The van der Waals surface area contributed by atoms with E-state index in [2.05, 4.69) is 35.2 Å². The number of aliphatic hydroxyl groups is 1. The quantitative estimate of drug-likeness (QED) is 0.907. The molecule has 132 valence electrons. The lowest BCUT2D eigenvalue weighted by atomic mass is 9.67. The maximum absolute atomic E-state index is 12.1. The smallest absolute Gasteiger partial charge is 0.219 e. The van der Waals surface area contributed by atoms with Crippen LogP contribution >= 0.6 is 0 Å². The summed E-state index contributed by atoms with van der Waals surface area (Å²) in [6.45, 7) is 9.43. The molecule has 0 bridgehead atoms. The van der Waals surface area contributed by atoms with Crippen molar-refractivity contribution in [1.29, 1.82) is 0 Å². The molecule has 1 N–H and O–H groups in total. The van der Waals surface area contributed by atoms with E-state index in [1.807, 2.05) is 18.7 Å². The van der Waals surface area contributed by atoms with Gasteiger partial charge in [0.05, 0.1) is 11.6 Å². The van der Waals surface area contributed by atoms with Gasteiger partial charge in [-0.2, -0.15) is 0 Å². The molecular weight excluding hydrogens is 300 g/mol. The van der Waals surface area contributed by atoms with Gasteiger partial charge >= 0.3 is 0 Å². The summed E-state index contributed by atoms with van der Waals surface area (Å²) in [7, 11) is 0. The highest BCUT2D eigenvalue weighted by Gasteiger charge is 2.50. The number of hydrogen-bond donors (Lipinski definition) is 1. The number of piperidine rings is 2. The highest BCUT2D eigenvalue weighted by molar-refractivity contribution is 5.74. The molecule has 4 heteroatoms. The second kappa shape index (κ2) is 6.49. The third kappa shape index (κ3) is 3.35. The first-order chi connectivity index (χ1) is 11.3. The fourth-order valence-corrected chi connectivity index (χ4v) is 4.35. The van der Waals surface area contributed by atoms with E-state index in [9.17, 15) is 9.90 Å². The number of likely N-dealkylation sites (tertiary alicyclic amines) is 2. The molecule has 2 fully saturated rings. The van der Waals surface area contributed by atoms with Crippen molar-refractivity contribution in [3.63, 3.8) is 0 Å². The molecule has 1 aromatic carbocycles. The molecule has 2 heterocycles. The van der Waals surface area contributed by atoms with Gasteiger partial charge in [-0.1, -0.05) is 30.3 Å². The normalized spacial score (nSPS) is 26.5. The topological polar surface area (TPSA) is 43.8 Å². The molecular formula is C20H30N2O2. The lowest BCUT2D eigenvalue weighted by Gasteiger charge is -2.55. The molecule has 0 aromatic heterocycles. The Morgan fingerprint density at radius 2 is 1.83 bits per heavy atom. The van der Waals surface area contributed by atoms with Crippen molar-refractivity contribution in [2.24, 2.45) is 5.41 Å². The Labute approximate surface area is 145 Å². The van der Waals surface area contributed by atoms with Crippen molar-refractivity contribution in [2.75, 3.05) is 19.6 Å². The summed E-state index contributed by atoms with van der Waals surface area (Å²) in [6, 6.07) is 10.6. The molecule has 24 heavy (non-hydrogen) atoms. The first-order valence-corrected chi connectivity index (χ1v) is 9.05. The summed E-state index contributed by atoms with van der Waals surface area (Å²) in [5.74, 6) is 0.0739. The Hall–Kier alpha value is -1.39. The zero-order valence-corrected chi connectivity index (χ0v) is 15.2. The predicted molar refractivity (Wildman–Crippen MR) is 95.5 cm³/mol. The van der Waals surface area contributed by atoms with Gasteiger partial charge in [-0.15, -0.1) is 0 Å². The summed E-state index contributed by atoms with van der Waals surface area (Å²) < 4.78 is 0. The first kappa shape index (κ1) is 17.4. The predicted octanol–water partition coefficient (Wildman–Crippen LogP) is 2.66. The van der Waals surface area contributed by atoms with Crippen LogP contribution in [-0.4, -0.2) is 52.1 Å². The molecule has 4 nitrogen and oxygen atoms in total. The molecule has 2 aliphatic rings. The van der Waals surface area contributed by atoms with E-state index >= 15 is 0 Å². The van der Waals surface area contributed by atoms with Gasteiger partial charge < -0.3 is 10.0 Å². The molecule has 2 saturated heterocycles. The third-order valence-corrected chi connectivity index (χ3v) is 6.18. The Morgan fingerprint density at radius 3 is 2.42 bits per heavy atom. The number of carbonyl (C=O) groups is 1. The number of nitrogens with zero attached hydrogens (tertiary/aromatic N) is 2. The van der Waals surface area contributed by atoms with Gasteiger partial charge in [-0.05, 0) is 57.2 Å². The van der Waals surface area contributed by atoms with Gasteiger partial charge in [0, 0.05) is 20.0 Å². The monoisotopic (exact) mass is 330 g/mol. The summed E-state index contributed by atoms with van der Waals surface area (Å²) in [6.07, 6.45) is 2.46. The number of rotatable bonds is 2. The average Bonchev–Trinajstić information content (AvgIpc) is 2.54. The number of carbonyl (C=O) groups excluding carboxylic acids is 1. The number of benzene rings is 1. The maximum Gasteiger partial charge on any atom is 0.219 e.